The second-order valence-corrected chi connectivity index (χ2v) is 38.1. The molecule has 128 heavy (non-hydrogen) atoms. The Morgan fingerprint density at radius 2 is 0.836 bits per heavy atom. The van der Waals surface area contributed by atoms with Crippen LogP contribution in [0.2, 0.25) is 0 Å². The molecule has 0 saturated carbocycles. The largest absolute Gasteiger partial charge is 1.00 e. The van der Waals surface area contributed by atoms with E-state index in [1.54, 1.807) is 103 Å². The molecule has 3 amide bonds. The number of nitrogens with one attached hydrogen (secondary N) is 3. The number of hydrogen-bond acceptors (Lipinski definition) is 29. The maximum Gasteiger partial charge on any atom is 1.00 e. The van der Waals surface area contributed by atoms with Gasteiger partial charge in [0, 0.05) is 48.4 Å². The molecule has 3 heterocycles. The zero-order valence-electron chi connectivity index (χ0n) is 71.9. The number of methoxy groups -OCH3 is 3. The number of carboxylic acids is 1. The molecule has 0 aliphatic heterocycles. The number of hydrogen-bond donors (Lipinski definition) is 7. The van der Waals surface area contributed by atoms with Crippen molar-refractivity contribution in [3.8, 4) is 0 Å². The smallest absolute Gasteiger partial charge is 0.870 e. The number of halogens is 1. The maximum absolute atomic E-state index is 12.4. The van der Waals surface area contributed by atoms with Crippen molar-refractivity contribution in [1.29, 1.82) is 0 Å². The maximum atomic E-state index is 12.4. The fraction of sp³-hybridized carbons (Fsp3) is 0.315. The molecule has 7 aromatic carbocycles. The molecule has 0 fully saturated rings. The molecule has 0 aliphatic rings. The predicted octanol–water partition coefficient (Wildman–Crippen LogP) is 8.64. The summed E-state index contributed by atoms with van der Waals surface area (Å²) in [5.74, 6) is -0.635. The molecule has 0 spiro atoms. The average Bonchev–Trinajstić information content (AvgIpc) is 1.59. The van der Waals surface area contributed by atoms with Gasteiger partial charge >= 0.3 is 42.7 Å². The molecule has 0 bridgehead atoms. The minimum absolute atomic E-state index is 0. The third-order valence-corrected chi connectivity index (χ3v) is 22.2. The SMILES string of the molecule is C.COC(=O)Cc1cccc(CBr)c1.COC(=O)Cc1cccc(CS(C)(=O)=O)c1.COC(=O)Cc1cccc(CSC)c1.CS(=O)(=O)Cc1cccc(CC(=O)Nc2nnc(CCCCc3ccc(NC(=O)Cc4ccccc4)nn3)s2)c1.CS(=O)(=O)Cc1cccc(CC(=O)O)c1.N/C(=C\C=C(/N)NC(=O)Cc1ccccc1)CCCCc1nnc(N)s1.O.[Li+].[OH-]. The summed E-state index contributed by atoms with van der Waals surface area (Å²) in [5, 5.41) is 44.6. The van der Waals surface area contributed by atoms with Gasteiger partial charge in [0.25, 0.3) is 0 Å². The average molecular weight is 1930 g/mol. The predicted molar refractivity (Wildman–Crippen MR) is 503 cm³/mol. The number of aryl methyl sites for hydroxylation is 3. The Kier molecular flexibility index (Phi) is 56.1. The summed E-state index contributed by atoms with van der Waals surface area (Å²) in [5.41, 5.74) is 29.2. The number of aliphatic carboxylic acids is 1. The van der Waals surface area contributed by atoms with E-state index in [1.165, 1.54) is 67.6 Å². The van der Waals surface area contributed by atoms with E-state index < -0.39 is 35.5 Å². The molecule has 686 valence electrons. The number of benzene rings is 7. The van der Waals surface area contributed by atoms with Crippen LogP contribution in [0.5, 0.6) is 0 Å². The molecule has 3 aromatic heterocycles. The molecule has 0 radical (unpaired) electrons. The van der Waals surface area contributed by atoms with Crippen molar-refractivity contribution in [2.45, 2.75) is 132 Å². The molecule has 10 aromatic rings. The van der Waals surface area contributed by atoms with Gasteiger partial charge in [-0.15, -0.1) is 25.5 Å². The number of anilines is 3. The third kappa shape index (κ3) is 53.0. The van der Waals surface area contributed by atoms with Gasteiger partial charge in [0.1, 0.15) is 15.8 Å². The number of carboxylic acid groups (broad SMARTS) is 1. The van der Waals surface area contributed by atoms with Crippen molar-refractivity contribution in [2.24, 2.45) is 11.5 Å². The number of esters is 3. The first-order valence-corrected chi connectivity index (χ1v) is 48.9. The van der Waals surface area contributed by atoms with E-state index in [-0.39, 0.29) is 128 Å². The van der Waals surface area contributed by atoms with E-state index in [2.05, 4.69) is 89.0 Å². The van der Waals surface area contributed by atoms with Crippen LogP contribution in [0.1, 0.15) is 122 Å². The first kappa shape index (κ1) is 115. The number of carbonyl (C=O) groups excluding carboxylic acids is 6. The number of nitrogen functional groups attached to an aromatic ring is 1. The number of allylic oxidation sites excluding steroid dienone is 3. The fourth-order valence-electron chi connectivity index (χ4n) is 11.3. The van der Waals surface area contributed by atoms with Crippen LogP contribution in [0.25, 0.3) is 0 Å². The molecule has 13 N–H and O–H groups in total. The summed E-state index contributed by atoms with van der Waals surface area (Å²) in [6.45, 7) is 0. The summed E-state index contributed by atoms with van der Waals surface area (Å²) in [6.07, 6.45) is 17.0. The molecule has 0 saturated heterocycles. The molecular weight excluding hydrogens is 1820 g/mol. The van der Waals surface area contributed by atoms with Crippen molar-refractivity contribution in [2.75, 3.05) is 62.7 Å². The second-order valence-electron chi connectivity index (χ2n) is 28.1. The third-order valence-electron chi connectivity index (χ3n) is 16.7. The van der Waals surface area contributed by atoms with Crippen LogP contribution in [-0.2, 0) is 170 Å². The molecule has 10 rings (SSSR count). The van der Waals surface area contributed by atoms with Crippen molar-refractivity contribution < 1.29 is 108 Å². The Hall–Kier alpha value is -10.9. The monoisotopic (exact) mass is 1930 g/mol. The number of nitrogens with two attached hydrogens (primary N) is 3. The Balaban J connectivity index is 0.000000809. The first-order valence-electron chi connectivity index (χ1n) is 38.6. The van der Waals surface area contributed by atoms with Crippen LogP contribution in [0.4, 0.5) is 16.1 Å². The van der Waals surface area contributed by atoms with Gasteiger partial charge in [-0.25, -0.2) is 25.3 Å². The summed E-state index contributed by atoms with van der Waals surface area (Å²) in [7, 11) is -5.13. The van der Waals surface area contributed by atoms with Crippen LogP contribution in [0, 0.1) is 0 Å². The molecule has 0 unspecified atom stereocenters. The Morgan fingerprint density at radius 1 is 0.453 bits per heavy atom. The quantitative estimate of drug-likeness (QED) is 0.00478. The number of carbonyl (C=O) groups is 7. The number of unbranched alkanes of at least 4 members (excludes halogenated alkanes) is 2. The summed E-state index contributed by atoms with van der Waals surface area (Å²) < 4.78 is 81.0. The number of rotatable bonds is 37. The van der Waals surface area contributed by atoms with Crippen molar-refractivity contribution in [1.82, 2.24) is 35.9 Å². The Morgan fingerprint density at radius 3 is 1.27 bits per heavy atom. The normalized spacial score (nSPS) is 10.8. The van der Waals surface area contributed by atoms with Gasteiger partial charge in [0.2, 0.25) is 28.0 Å². The second kappa shape index (κ2) is 62.3. The number of aromatic nitrogens is 6. The number of amides is 3. The standard InChI is InChI=1S/C28H30N6O4S2.C18H24N6OS.C11H14O4S.C11H14O2S.C10H11BrO2.C10H12O4S.CH4.Li.2H2O/c1-40(37,38)19-22-11-7-10-21(16-22)18-26(36)30-28-34-33-27(39-28)13-6-5-12-23-14-15-24(32-31-23)29-25(35)17-20-8-3-2-4-9-20;19-14(8-4-5-9-17-23-24-18(21)26-17)10-11-15(20)22-16(25)12-13-6-2-1-3-7-13;1-15-11(12)7-9-4-3-5-10(6-9)8-16(2,13)14;1-13-11(12)7-9-4-3-5-10(6-9)8-14-2;1-13-10(12)6-8-3-2-4-9(5-8)7-11;1-15(13,14)7-9-4-2-3-8(5-9)6-10(11)12;;;;/h2-4,7-11,14-16H,5-6,12-13,17-19H2,1H3,(H,29,32,35)(H,30,34,36);1-3,6-7,10-11H,4-5,8-9,12,19-20H2,(H2,21,24)(H,22,25);3-6H,7-8H2,1-2H3;3-6H,7-8H2,1-2H3;2-5H,6-7H2,1H3;2-5H,6-7H2,1H3,(H,11,12);1H4;;2*1H2/q;;;;;;;+1;;/p-1/b;14-10-,15-11+;;;;;;;;. The van der Waals surface area contributed by atoms with Crippen LogP contribution < -0.4 is 52.0 Å². The summed E-state index contributed by atoms with van der Waals surface area (Å²) in [6, 6.07) is 59.1. The minimum atomic E-state index is -3.15. The van der Waals surface area contributed by atoms with Crippen LogP contribution >= 0.6 is 50.4 Å². The number of sulfone groups is 3. The van der Waals surface area contributed by atoms with E-state index >= 15 is 0 Å². The fourth-order valence-corrected chi connectivity index (χ4v) is 15.9. The van der Waals surface area contributed by atoms with Crippen LogP contribution in [0.3, 0.4) is 0 Å². The van der Waals surface area contributed by atoms with Crippen LogP contribution in [0.15, 0.2) is 218 Å². The minimum Gasteiger partial charge on any atom is -0.870 e. The van der Waals surface area contributed by atoms with E-state index in [4.69, 9.17) is 22.3 Å². The van der Waals surface area contributed by atoms with E-state index in [0.717, 1.165) is 118 Å². The van der Waals surface area contributed by atoms with Gasteiger partial charge in [-0.05, 0) is 136 Å². The topological polar surface area (TPSA) is 523 Å². The zero-order valence-corrected chi connectivity index (χ0v) is 78.4. The van der Waals surface area contributed by atoms with Crippen molar-refractivity contribution in [3.63, 3.8) is 0 Å². The Bertz CT molecular complexity index is 5510. The number of nitrogens with zero attached hydrogens (tertiary/aromatic N) is 6. The zero-order chi connectivity index (χ0) is 90.9. The van der Waals surface area contributed by atoms with Gasteiger partial charge in [-0.1, -0.05) is 228 Å². The summed E-state index contributed by atoms with van der Waals surface area (Å²) in [4.78, 5) is 80.0. The van der Waals surface area contributed by atoms with Gasteiger partial charge < -0.3 is 63.4 Å². The van der Waals surface area contributed by atoms with Gasteiger partial charge in [-0.2, -0.15) is 16.9 Å². The van der Waals surface area contributed by atoms with Gasteiger partial charge in [-0.3, -0.25) is 33.6 Å². The van der Waals surface area contributed by atoms with Crippen molar-refractivity contribution >= 4 is 138 Å². The van der Waals surface area contributed by atoms with E-state index in [9.17, 15) is 58.8 Å². The van der Waals surface area contributed by atoms with Gasteiger partial charge in [0.15, 0.2) is 35.3 Å². The molecule has 31 nitrogen and oxygen atoms in total. The van der Waals surface area contributed by atoms with E-state index in [1.807, 2.05) is 109 Å². The molecule has 39 heteroatoms. The van der Waals surface area contributed by atoms with Crippen LogP contribution in [-0.4, -0.2) is 160 Å². The van der Waals surface area contributed by atoms with E-state index in [0.29, 0.717) is 56.9 Å². The first-order chi connectivity index (χ1) is 59.0. The Labute approximate surface area is 781 Å². The number of ether oxygens (including phenoxy) is 3. The van der Waals surface area contributed by atoms with Gasteiger partial charge in [0.05, 0.1) is 89.2 Å². The molecule has 0 atom stereocenters. The van der Waals surface area contributed by atoms with Crippen molar-refractivity contribution in [3.05, 3.63) is 300 Å². The summed E-state index contributed by atoms with van der Waals surface area (Å²) >= 11 is 7.88. The number of thioether (sulfide) groups is 1. The molecule has 0 aliphatic carbocycles. The number of alkyl halides is 1. The molecular formula is C89H112BrLiN12O19S6.